The first-order valence-electron chi connectivity index (χ1n) is 10.2. The lowest BCUT2D eigenvalue weighted by molar-refractivity contribution is -0.115. The van der Waals surface area contributed by atoms with E-state index in [9.17, 15) is 9.59 Å². The van der Waals surface area contributed by atoms with E-state index >= 15 is 0 Å². The molecule has 33 heavy (non-hydrogen) atoms. The van der Waals surface area contributed by atoms with Gasteiger partial charge in [-0.15, -0.1) is 11.8 Å². The van der Waals surface area contributed by atoms with Crippen LogP contribution in [0.15, 0.2) is 71.6 Å². The van der Waals surface area contributed by atoms with Crippen molar-refractivity contribution in [3.05, 3.63) is 82.9 Å². The fraction of sp³-hybridized carbons (Fsp3) is 0.160. The van der Waals surface area contributed by atoms with Gasteiger partial charge in [0.1, 0.15) is 0 Å². The Hall–Kier alpha value is -2.87. The van der Waals surface area contributed by atoms with Crippen LogP contribution in [0.5, 0.6) is 0 Å². The Bertz CT molecular complexity index is 1180. The van der Waals surface area contributed by atoms with Crippen LogP contribution in [-0.2, 0) is 4.79 Å². The summed E-state index contributed by atoms with van der Waals surface area (Å²) in [5, 5.41) is 9.92. The highest BCUT2D eigenvalue weighted by Crippen LogP contribution is 2.28. The fourth-order valence-corrected chi connectivity index (χ4v) is 4.30. The van der Waals surface area contributed by atoms with Crippen LogP contribution in [0.4, 0.5) is 17.1 Å². The molecule has 0 radical (unpaired) electrons. The van der Waals surface area contributed by atoms with Gasteiger partial charge in [-0.1, -0.05) is 23.7 Å². The van der Waals surface area contributed by atoms with E-state index in [2.05, 4.69) is 16.0 Å². The summed E-state index contributed by atoms with van der Waals surface area (Å²) in [6.45, 7) is 5.26. The van der Waals surface area contributed by atoms with Crippen molar-refractivity contribution in [1.29, 1.82) is 0 Å². The number of carbonyl (C=O) groups excluding carboxylic acids is 2. The molecule has 3 N–H and O–H groups in total. The fourth-order valence-electron chi connectivity index (χ4n) is 2.96. The van der Waals surface area contributed by atoms with Crippen LogP contribution >= 0.6 is 35.6 Å². The van der Waals surface area contributed by atoms with Gasteiger partial charge in [-0.2, -0.15) is 0 Å². The maximum Gasteiger partial charge on any atom is 0.237 e. The topological polar surface area (TPSA) is 70.2 Å². The average molecular weight is 498 g/mol. The highest BCUT2D eigenvalue weighted by molar-refractivity contribution is 8.00. The molecule has 1 atom stereocenters. The van der Waals surface area contributed by atoms with E-state index in [1.165, 1.54) is 18.7 Å². The summed E-state index contributed by atoms with van der Waals surface area (Å²) in [6, 6.07) is 20.2. The van der Waals surface area contributed by atoms with Gasteiger partial charge in [0, 0.05) is 32.5 Å². The third-order valence-electron chi connectivity index (χ3n) is 4.85. The summed E-state index contributed by atoms with van der Waals surface area (Å²) in [4.78, 5) is 25.0. The number of hydrogen-bond donors (Lipinski definition) is 3. The molecule has 3 rings (SSSR count). The molecule has 1 amide bonds. The summed E-state index contributed by atoms with van der Waals surface area (Å²) < 4.78 is 0. The number of ketones is 1. The molecule has 0 aliphatic carbocycles. The van der Waals surface area contributed by atoms with Crippen molar-refractivity contribution >= 4 is 69.4 Å². The van der Waals surface area contributed by atoms with Crippen LogP contribution in [0.3, 0.4) is 0 Å². The molecular formula is C25H24ClN3O2S2. The molecule has 3 aromatic rings. The first-order valence-corrected chi connectivity index (χ1v) is 11.9. The first-order chi connectivity index (χ1) is 15.7. The van der Waals surface area contributed by atoms with Crippen molar-refractivity contribution in [1.82, 2.24) is 0 Å². The predicted octanol–water partition coefficient (Wildman–Crippen LogP) is 6.78. The number of nitrogens with one attached hydrogen (secondary N) is 3. The van der Waals surface area contributed by atoms with Crippen LogP contribution in [-0.4, -0.2) is 22.1 Å². The number of carbonyl (C=O) groups is 2. The maximum absolute atomic E-state index is 12.7. The van der Waals surface area contributed by atoms with Gasteiger partial charge >= 0.3 is 0 Å². The molecule has 0 heterocycles. The summed E-state index contributed by atoms with van der Waals surface area (Å²) in [5.74, 6) is -0.0860. The SMILES string of the molecule is CC(=O)c1ccc(NC(=S)Nc2cccc(SC(C)C(=O)Nc3cccc(Cl)c3C)c2)cc1. The number of amides is 1. The lowest BCUT2D eigenvalue weighted by atomic mass is 10.1. The zero-order chi connectivity index (χ0) is 24.0. The standard InChI is InChI=1S/C25H24ClN3O2S2/c1-15-22(26)8-5-9-23(15)29-24(31)17(3)33-21-7-4-6-20(14-21)28-25(32)27-19-12-10-18(11-13-19)16(2)30/h4-14,17H,1-3H3,(H,29,31)(H2,27,28,32). The second kappa shape index (κ2) is 11.3. The summed E-state index contributed by atoms with van der Waals surface area (Å²) >= 11 is 13.0. The molecule has 0 spiro atoms. The number of thioether (sulfide) groups is 1. The van der Waals surface area contributed by atoms with Gasteiger partial charge in [-0.05, 0) is 93.1 Å². The largest absolute Gasteiger partial charge is 0.332 e. The number of anilines is 3. The normalized spacial score (nSPS) is 11.4. The third kappa shape index (κ3) is 7.05. The minimum atomic E-state index is -0.316. The van der Waals surface area contributed by atoms with Crippen molar-refractivity contribution in [2.75, 3.05) is 16.0 Å². The van der Waals surface area contributed by atoms with E-state index in [-0.39, 0.29) is 16.9 Å². The van der Waals surface area contributed by atoms with Crippen molar-refractivity contribution in [2.24, 2.45) is 0 Å². The molecule has 0 saturated heterocycles. The lowest BCUT2D eigenvalue weighted by Crippen LogP contribution is -2.23. The average Bonchev–Trinajstić information content (AvgIpc) is 2.77. The molecule has 0 aliphatic rings. The molecule has 0 bridgehead atoms. The van der Waals surface area contributed by atoms with E-state index in [1.807, 2.05) is 50.2 Å². The number of thiocarbonyl (C=S) groups is 1. The van der Waals surface area contributed by atoms with E-state index in [4.69, 9.17) is 23.8 Å². The Morgan fingerprint density at radius 3 is 2.30 bits per heavy atom. The molecule has 0 aromatic heterocycles. The highest BCUT2D eigenvalue weighted by Gasteiger charge is 2.16. The maximum atomic E-state index is 12.7. The minimum absolute atomic E-state index is 0.0159. The predicted molar refractivity (Wildman–Crippen MR) is 143 cm³/mol. The number of Topliss-reactive ketones (excluding diaryl/α,β-unsaturated/α-hetero) is 1. The minimum Gasteiger partial charge on any atom is -0.332 e. The molecule has 0 saturated carbocycles. The monoisotopic (exact) mass is 497 g/mol. The number of benzene rings is 3. The van der Waals surface area contributed by atoms with Crippen molar-refractivity contribution in [3.8, 4) is 0 Å². The van der Waals surface area contributed by atoms with E-state index in [0.717, 1.165) is 21.8 Å². The van der Waals surface area contributed by atoms with Gasteiger partial charge in [0.05, 0.1) is 5.25 Å². The van der Waals surface area contributed by atoms with Gasteiger partial charge in [0.25, 0.3) is 0 Å². The third-order valence-corrected chi connectivity index (χ3v) is 6.56. The van der Waals surface area contributed by atoms with Gasteiger partial charge in [0.15, 0.2) is 10.9 Å². The zero-order valence-corrected chi connectivity index (χ0v) is 20.8. The van der Waals surface area contributed by atoms with Gasteiger partial charge in [0.2, 0.25) is 5.91 Å². The highest BCUT2D eigenvalue weighted by atomic mass is 35.5. The van der Waals surface area contributed by atoms with Crippen molar-refractivity contribution in [2.45, 2.75) is 30.9 Å². The van der Waals surface area contributed by atoms with Crippen LogP contribution < -0.4 is 16.0 Å². The van der Waals surface area contributed by atoms with Crippen molar-refractivity contribution in [3.63, 3.8) is 0 Å². The van der Waals surface area contributed by atoms with Crippen molar-refractivity contribution < 1.29 is 9.59 Å². The van der Waals surface area contributed by atoms with Gasteiger partial charge < -0.3 is 16.0 Å². The number of hydrogen-bond acceptors (Lipinski definition) is 4. The van der Waals surface area contributed by atoms with Crippen LogP contribution in [0.1, 0.15) is 29.8 Å². The lowest BCUT2D eigenvalue weighted by Gasteiger charge is -2.15. The van der Waals surface area contributed by atoms with E-state index in [0.29, 0.717) is 21.4 Å². The molecule has 3 aromatic carbocycles. The van der Waals surface area contributed by atoms with Crippen LogP contribution in [0, 0.1) is 6.92 Å². The number of rotatable bonds is 7. The van der Waals surface area contributed by atoms with Gasteiger partial charge in [-0.25, -0.2) is 0 Å². The van der Waals surface area contributed by atoms with Crippen LogP contribution in [0.2, 0.25) is 5.02 Å². The Kier molecular flexibility index (Phi) is 8.49. The molecular weight excluding hydrogens is 474 g/mol. The smallest absolute Gasteiger partial charge is 0.237 e. The Morgan fingerprint density at radius 2 is 1.61 bits per heavy atom. The molecule has 1 unspecified atom stereocenters. The number of halogens is 1. The summed E-state index contributed by atoms with van der Waals surface area (Å²) in [7, 11) is 0. The Labute approximate surface area is 208 Å². The summed E-state index contributed by atoms with van der Waals surface area (Å²) in [6.07, 6.45) is 0. The van der Waals surface area contributed by atoms with E-state index in [1.54, 1.807) is 30.3 Å². The quantitative estimate of drug-likeness (QED) is 0.190. The Balaban J connectivity index is 1.58. The second-order valence-electron chi connectivity index (χ2n) is 7.40. The van der Waals surface area contributed by atoms with E-state index < -0.39 is 0 Å². The molecule has 0 fully saturated rings. The zero-order valence-electron chi connectivity index (χ0n) is 18.4. The molecule has 5 nitrogen and oxygen atoms in total. The Morgan fingerprint density at radius 1 is 0.939 bits per heavy atom. The molecule has 8 heteroatoms. The van der Waals surface area contributed by atoms with Crippen LogP contribution in [0.25, 0.3) is 0 Å². The van der Waals surface area contributed by atoms with Gasteiger partial charge in [-0.3, -0.25) is 9.59 Å². The molecule has 170 valence electrons. The summed E-state index contributed by atoms with van der Waals surface area (Å²) in [5.41, 5.74) is 3.78. The second-order valence-corrected chi connectivity index (χ2v) is 9.63. The first kappa shape index (κ1) is 24.8. The molecule has 0 aliphatic heterocycles.